The zero-order valence-electron chi connectivity index (χ0n) is 9.94. The molecule has 2 rings (SSSR count). The van der Waals surface area contributed by atoms with Gasteiger partial charge < -0.3 is 0 Å². The van der Waals surface area contributed by atoms with Crippen LogP contribution in [0, 0.1) is 0 Å². The van der Waals surface area contributed by atoms with Gasteiger partial charge in [-0.3, -0.25) is 0 Å². The van der Waals surface area contributed by atoms with Gasteiger partial charge in [0, 0.05) is 21.5 Å². The van der Waals surface area contributed by atoms with Crippen molar-refractivity contribution < 1.29 is 13.2 Å². The van der Waals surface area contributed by atoms with Crippen LogP contribution in [0.2, 0.25) is 10.0 Å². The van der Waals surface area contributed by atoms with Crippen molar-refractivity contribution in [3.63, 3.8) is 0 Å². The average Bonchev–Trinajstić information content (AvgIpc) is 2.37. The van der Waals surface area contributed by atoms with E-state index in [0.717, 1.165) is 12.1 Å². The predicted molar refractivity (Wildman–Crippen MR) is 76.5 cm³/mol. The maximum absolute atomic E-state index is 12.7. The Hall–Kier alpha value is -0.900. The molecule has 0 fully saturated rings. The van der Waals surface area contributed by atoms with Crippen LogP contribution in [-0.4, -0.2) is 0 Å². The monoisotopic (exact) mass is 338 g/mol. The molecule has 0 N–H and O–H groups in total. The highest BCUT2D eigenvalue weighted by Crippen LogP contribution is 2.39. The van der Waals surface area contributed by atoms with Crippen molar-refractivity contribution in [1.29, 1.82) is 0 Å². The quantitative estimate of drug-likeness (QED) is 0.554. The molecule has 0 spiro atoms. The number of alkyl halides is 4. The maximum Gasteiger partial charge on any atom is 0.416 e. The Bertz CT molecular complexity index is 616. The third-order valence-electron chi connectivity index (χ3n) is 2.81. The van der Waals surface area contributed by atoms with Crippen LogP contribution < -0.4 is 0 Å². The molecule has 0 heterocycles. The second kappa shape index (κ2) is 5.84. The van der Waals surface area contributed by atoms with E-state index < -0.39 is 11.7 Å². The molecule has 0 bridgehead atoms. The zero-order valence-corrected chi connectivity index (χ0v) is 12.2. The van der Waals surface area contributed by atoms with Crippen molar-refractivity contribution in [3.8, 4) is 11.1 Å². The summed E-state index contributed by atoms with van der Waals surface area (Å²) in [6.45, 7) is 0. The SMILES string of the molecule is FC(F)(F)c1ccc(-c2c(Cl)cccc2Cl)c(CCl)c1. The van der Waals surface area contributed by atoms with E-state index in [9.17, 15) is 13.2 Å². The van der Waals surface area contributed by atoms with Gasteiger partial charge in [0.25, 0.3) is 0 Å². The van der Waals surface area contributed by atoms with E-state index in [-0.39, 0.29) is 5.88 Å². The van der Waals surface area contributed by atoms with Gasteiger partial charge in [-0.25, -0.2) is 0 Å². The zero-order chi connectivity index (χ0) is 14.9. The molecule has 0 radical (unpaired) electrons. The van der Waals surface area contributed by atoms with Crippen molar-refractivity contribution in [2.75, 3.05) is 0 Å². The molecule has 0 aliphatic heterocycles. The fraction of sp³-hybridized carbons (Fsp3) is 0.143. The molecule has 0 amide bonds. The topological polar surface area (TPSA) is 0 Å². The normalized spacial score (nSPS) is 11.7. The van der Waals surface area contributed by atoms with E-state index in [0.29, 0.717) is 26.7 Å². The first-order valence-corrected chi connectivity index (χ1v) is 6.84. The molecule has 0 aromatic heterocycles. The molecule has 0 aliphatic rings. The Labute approximate surface area is 129 Å². The van der Waals surface area contributed by atoms with Gasteiger partial charge in [-0.2, -0.15) is 13.2 Å². The largest absolute Gasteiger partial charge is 0.416 e. The van der Waals surface area contributed by atoms with E-state index in [1.54, 1.807) is 18.2 Å². The Morgan fingerprint density at radius 3 is 2.05 bits per heavy atom. The smallest absolute Gasteiger partial charge is 0.166 e. The van der Waals surface area contributed by atoms with Crippen LogP contribution in [0.25, 0.3) is 11.1 Å². The highest BCUT2D eigenvalue weighted by atomic mass is 35.5. The summed E-state index contributed by atoms with van der Waals surface area (Å²) < 4.78 is 38.1. The lowest BCUT2D eigenvalue weighted by atomic mass is 9.98. The third-order valence-corrected chi connectivity index (χ3v) is 3.73. The number of rotatable bonds is 2. The summed E-state index contributed by atoms with van der Waals surface area (Å²) in [4.78, 5) is 0. The van der Waals surface area contributed by atoms with Crippen LogP contribution >= 0.6 is 34.8 Å². The molecule has 0 atom stereocenters. The second-order valence-electron chi connectivity index (χ2n) is 4.10. The van der Waals surface area contributed by atoms with Crippen LogP contribution in [0.5, 0.6) is 0 Å². The van der Waals surface area contributed by atoms with Gasteiger partial charge in [0.05, 0.1) is 5.56 Å². The highest BCUT2D eigenvalue weighted by Gasteiger charge is 2.31. The van der Waals surface area contributed by atoms with Crippen LogP contribution in [0.15, 0.2) is 36.4 Å². The maximum atomic E-state index is 12.7. The molecule has 6 heteroatoms. The molecule has 2 aromatic rings. The Morgan fingerprint density at radius 2 is 1.55 bits per heavy atom. The lowest BCUT2D eigenvalue weighted by Gasteiger charge is -2.14. The summed E-state index contributed by atoms with van der Waals surface area (Å²) in [5.41, 5.74) is 0.570. The summed E-state index contributed by atoms with van der Waals surface area (Å²) >= 11 is 17.9. The van der Waals surface area contributed by atoms with Gasteiger partial charge in [-0.15, -0.1) is 11.6 Å². The summed E-state index contributed by atoms with van der Waals surface area (Å²) in [7, 11) is 0. The summed E-state index contributed by atoms with van der Waals surface area (Å²) in [6, 6.07) is 8.26. The molecule has 0 aliphatic carbocycles. The van der Waals surface area contributed by atoms with Crippen molar-refractivity contribution in [1.82, 2.24) is 0 Å². The van der Waals surface area contributed by atoms with E-state index >= 15 is 0 Å². The standard InChI is InChI=1S/C14H8Cl3F3/c15-7-8-6-9(14(18,19)20)4-5-10(8)13-11(16)2-1-3-12(13)17/h1-6H,7H2. The number of halogens is 6. The predicted octanol–water partition coefficient (Wildman–Crippen LogP) is 6.42. The van der Waals surface area contributed by atoms with Crippen LogP contribution in [0.4, 0.5) is 13.2 Å². The van der Waals surface area contributed by atoms with Gasteiger partial charge in [0.2, 0.25) is 0 Å². The first kappa shape index (κ1) is 15.5. The Kier molecular flexibility index (Phi) is 4.52. The van der Waals surface area contributed by atoms with Gasteiger partial charge in [0.1, 0.15) is 0 Å². The van der Waals surface area contributed by atoms with Crippen LogP contribution in [0.3, 0.4) is 0 Å². The van der Waals surface area contributed by atoms with E-state index in [4.69, 9.17) is 34.8 Å². The number of benzene rings is 2. The lowest BCUT2D eigenvalue weighted by molar-refractivity contribution is -0.137. The van der Waals surface area contributed by atoms with E-state index in [1.807, 2.05) is 0 Å². The van der Waals surface area contributed by atoms with Crippen molar-refractivity contribution in [2.24, 2.45) is 0 Å². The van der Waals surface area contributed by atoms with Crippen LogP contribution in [-0.2, 0) is 12.1 Å². The molecule has 2 aromatic carbocycles. The molecule has 0 unspecified atom stereocenters. The minimum absolute atomic E-state index is 0.0686. The molecule has 0 saturated carbocycles. The minimum atomic E-state index is -4.41. The second-order valence-corrected chi connectivity index (χ2v) is 5.18. The molecule has 106 valence electrons. The summed E-state index contributed by atoms with van der Waals surface area (Å²) in [5, 5.41) is 0.729. The Balaban J connectivity index is 2.64. The first-order valence-electron chi connectivity index (χ1n) is 5.55. The van der Waals surface area contributed by atoms with Crippen LogP contribution in [0.1, 0.15) is 11.1 Å². The third kappa shape index (κ3) is 3.05. The lowest BCUT2D eigenvalue weighted by Crippen LogP contribution is -2.05. The highest BCUT2D eigenvalue weighted by molar-refractivity contribution is 6.39. The first-order chi connectivity index (χ1) is 9.34. The van der Waals surface area contributed by atoms with Crippen molar-refractivity contribution in [3.05, 3.63) is 57.6 Å². The van der Waals surface area contributed by atoms with Gasteiger partial charge in [0.15, 0.2) is 0 Å². The Morgan fingerprint density at radius 1 is 0.950 bits per heavy atom. The fourth-order valence-corrected chi connectivity index (χ4v) is 2.70. The minimum Gasteiger partial charge on any atom is -0.166 e. The molecular formula is C14H8Cl3F3. The van der Waals surface area contributed by atoms with E-state index in [2.05, 4.69) is 0 Å². The molecule has 20 heavy (non-hydrogen) atoms. The average molecular weight is 340 g/mol. The van der Waals surface area contributed by atoms with Gasteiger partial charge in [-0.1, -0.05) is 35.3 Å². The summed E-state index contributed by atoms with van der Waals surface area (Å²) in [5.74, 6) is -0.0686. The number of hydrogen-bond acceptors (Lipinski definition) is 0. The number of hydrogen-bond donors (Lipinski definition) is 0. The molecule has 0 saturated heterocycles. The van der Waals surface area contributed by atoms with E-state index in [1.165, 1.54) is 6.07 Å². The van der Waals surface area contributed by atoms with Gasteiger partial charge in [-0.05, 0) is 35.4 Å². The fourth-order valence-electron chi connectivity index (χ4n) is 1.88. The van der Waals surface area contributed by atoms with Crippen molar-refractivity contribution >= 4 is 34.8 Å². The molecule has 0 nitrogen and oxygen atoms in total. The summed E-state index contributed by atoms with van der Waals surface area (Å²) in [6.07, 6.45) is -4.41. The van der Waals surface area contributed by atoms with Crippen molar-refractivity contribution in [2.45, 2.75) is 12.1 Å². The molecular weight excluding hydrogens is 332 g/mol. The van der Waals surface area contributed by atoms with Gasteiger partial charge >= 0.3 is 6.18 Å².